The zero-order valence-corrected chi connectivity index (χ0v) is 17.5. The number of carbonyl (C=O) groups excluding carboxylic acids is 2. The van der Waals surface area contributed by atoms with Crippen molar-refractivity contribution < 1.29 is 24.7 Å². The largest absolute Gasteiger partial charge is 0.549 e. The van der Waals surface area contributed by atoms with Crippen LogP contribution >= 0.6 is 15.9 Å². The van der Waals surface area contributed by atoms with Crippen molar-refractivity contribution in [2.24, 2.45) is 10.8 Å². The highest BCUT2D eigenvalue weighted by Gasteiger charge is 2.59. The van der Waals surface area contributed by atoms with E-state index in [-0.39, 0.29) is 17.7 Å². The average molecular weight is 455 g/mol. The molecule has 5 unspecified atom stereocenters. The highest BCUT2D eigenvalue weighted by Crippen LogP contribution is 2.56. The molecule has 1 saturated heterocycles. The number of non-ortho nitro benzene ring substituents is 1. The summed E-state index contributed by atoms with van der Waals surface area (Å²) in [5.41, 5.74) is -3.18. The van der Waals surface area contributed by atoms with Gasteiger partial charge in [0, 0.05) is 58.2 Å². The molecule has 0 spiro atoms. The van der Waals surface area contributed by atoms with Crippen LogP contribution in [0.1, 0.15) is 45.1 Å². The quantitative estimate of drug-likeness (QED) is 0.364. The second-order valence-electron chi connectivity index (χ2n) is 7.59. The smallest absolute Gasteiger partial charge is 0.269 e. The molecule has 0 amide bonds. The van der Waals surface area contributed by atoms with E-state index >= 15 is 0 Å². The topological polar surface area (TPSA) is 135 Å². The molecule has 154 valence electrons. The molecular formula is C19H23BrN2O6-2. The van der Waals surface area contributed by atoms with Crippen LogP contribution in [0, 0.1) is 20.9 Å². The summed E-state index contributed by atoms with van der Waals surface area (Å²) in [5.74, 6) is -3.88. The molecule has 2 rings (SSSR count). The van der Waals surface area contributed by atoms with Crippen molar-refractivity contribution in [3.8, 4) is 0 Å². The van der Waals surface area contributed by atoms with E-state index < -0.39 is 45.7 Å². The van der Waals surface area contributed by atoms with E-state index in [1.165, 1.54) is 31.2 Å². The Labute approximate surface area is 171 Å². The maximum absolute atomic E-state index is 12.5. The number of nitro benzene ring substituents is 1. The fraction of sp³-hybridized carbons (Fsp3) is 0.579. The normalized spacial score (nSPS) is 32.6. The van der Waals surface area contributed by atoms with Gasteiger partial charge in [0.2, 0.25) is 0 Å². The molecule has 1 N–H and O–H groups in total. The number of carboxylic acid groups (broad SMARTS) is 2. The minimum absolute atomic E-state index is 0.137. The minimum atomic E-state index is -1.63. The summed E-state index contributed by atoms with van der Waals surface area (Å²) in [6, 6.07) is 4.26. The Morgan fingerprint density at radius 1 is 1.21 bits per heavy atom. The van der Waals surface area contributed by atoms with Gasteiger partial charge in [-0.2, -0.15) is 0 Å². The van der Waals surface area contributed by atoms with Crippen molar-refractivity contribution in [1.29, 1.82) is 0 Å². The second-order valence-corrected chi connectivity index (χ2v) is 8.38. The van der Waals surface area contributed by atoms with E-state index in [0.717, 1.165) is 0 Å². The lowest BCUT2D eigenvalue weighted by atomic mass is 9.51. The third-order valence-electron chi connectivity index (χ3n) is 6.25. The highest BCUT2D eigenvalue weighted by atomic mass is 79.9. The van der Waals surface area contributed by atoms with Crippen molar-refractivity contribution in [3.05, 3.63) is 39.9 Å². The number of nitro groups is 1. The predicted octanol–water partition coefficient (Wildman–Crippen LogP) is 0.726. The van der Waals surface area contributed by atoms with Gasteiger partial charge in [-0.05, 0) is 32.3 Å². The Bertz CT molecular complexity index is 787. The van der Waals surface area contributed by atoms with Crippen molar-refractivity contribution in [3.63, 3.8) is 0 Å². The summed E-state index contributed by atoms with van der Waals surface area (Å²) in [4.78, 5) is 35.4. The lowest BCUT2D eigenvalue weighted by Crippen LogP contribution is -2.72. The number of nitrogens with one attached hydrogen (secondary N) is 1. The first-order chi connectivity index (χ1) is 13.0. The fourth-order valence-corrected chi connectivity index (χ4v) is 4.89. The number of halogens is 1. The number of aliphatic carboxylic acids is 2. The molecule has 8 nitrogen and oxygen atoms in total. The van der Waals surface area contributed by atoms with Gasteiger partial charge in [0.15, 0.2) is 0 Å². The Balaban J connectivity index is 2.84. The molecule has 28 heavy (non-hydrogen) atoms. The van der Waals surface area contributed by atoms with Crippen LogP contribution < -0.4 is 15.5 Å². The molecule has 0 aromatic heterocycles. The maximum Gasteiger partial charge on any atom is 0.269 e. The standard InChI is InChI=1S/C19H25BrN2O6/c1-11-18(3,16(23)24)15(13-6-4-7-14(10-13)22(27)28)19(17(25)26,8-5-9-20)12(2)21-11/h4,6-7,10-12,15,21H,5,8-9H2,1-3H3,(H,23,24)(H,25,26)/p-2. The van der Waals surface area contributed by atoms with Gasteiger partial charge in [0.1, 0.15) is 0 Å². The van der Waals surface area contributed by atoms with Crippen molar-refractivity contribution in [1.82, 2.24) is 5.32 Å². The van der Waals surface area contributed by atoms with Gasteiger partial charge in [-0.25, -0.2) is 0 Å². The predicted molar refractivity (Wildman–Crippen MR) is 101 cm³/mol. The van der Waals surface area contributed by atoms with Crippen molar-refractivity contribution >= 4 is 33.6 Å². The van der Waals surface area contributed by atoms with Gasteiger partial charge in [0.05, 0.1) is 4.92 Å². The SMILES string of the molecule is CC1NC(C)C(CCCBr)(C(=O)[O-])C(c2cccc([N+](=O)[O-])c2)C1(C)C(=O)[O-]. The van der Waals surface area contributed by atoms with Gasteiger partial charge >= 0.3 is 0 Å². The number of carboxylic acids is 2. The second kappa shape index (κ2) is 8.16. The zero-order chi connectivity index (χ0) is 21.3. The van der Waals surface area contributed by atoms with Gasteiger partial charge < -0.3 is 25.1 Å². The summed E-state index contributed by atoms with van der Waals surface area (Å²) < 4.78 is 0. The molecule has 0 bridgehead atoms. The zero-order valence-electron chi connectivity index (χ0n) is 15.9. The summed E-state index contributed by atoms with van der Waals surface area (Å²) in [6.45, 7) is 4.77. The summed E-state index contributed by atoms with van der Waals surface area (Å²) in [7, 11) is 0. The van der Waals surface area contributed by atoms with E-state index in [1.54, 1.807) is 13.8 Å². The van der Waals surface area contributed by atoms with E-state index in [4.69, 9.17) is 0 Å². The molecule has 1 aromatic carbocycles. The van der Waals surface area contributed by atoms with Crippen molar-refractivity contribution in [2.45, 2.75) is 51.6 Å². The number of piperidine rings is 1. The van der Waals surface area contributed by atoms with Crippen LogP contribution in [0.25, 0.3) is 0 Å². The van der Waals surface area contributed by atoms with E-state index in [9.17, 15) is 29.9 Å². The van der Waals surface area contributed by atoms with E-state index in [0.29, 0.717) is 11.8 Å². The lowest BCUT2D eigenvalue weighted by molar-refractivity contribution is -0.385. The molecule has 0 aliphatic carbocycles. The Morgan fingerprint density at radius 2 is 1.86 bits per heavy atom. The van der Waals surface area contributed by atoms with Crippen LogP contribution in [0.15, 0.2) is 24.3 Å². The molecule has 5 atom stereocenters. The third-order valence-corrected chi connectivity index (χ3v) is 6.81. The summed E-state index contributed by atoms with van der Waals surface area (Å²) >= 11 is 3.29. The number of rotatable bonds is 7. The first-order valence-electron chi connectivity index (χ1n) is 9.02. The van der Waals surface area contributed by atoms with Crippen LogP contribution in [0.4, 0.5) is 5.69 Å². The fourth-order valence-electron chi connectivity index (χ4n) is 4.60. The average Bonchev–Trinajstić information content (AvgIpc) is 2.63. The van der Waals surface area contributed by atoms with Gasteiger partial charge in [-0.1, -0.05) is 35.0 Å². The first kappa shape index (κ1) is 22.3. The van der Waals surface area contributed by atoms with Gasteiger partial charge in [0.25, 0.3) is 5.69 Å². The molecule has 0 saturated carbocycles. The Kier molecular flexibility index (Phi) is 6.50. The lowest BCUT2D eigenvalue weighted by Gasteiger charge is -2.61. The Morgan fingerprint density at radius 3 is 2.36 bits per heavy atom. The molecule has 9 heteroatoms. The monoisotopic (exact) mass is 454 g/mol. The molecule has 0 radical (unpaired) electrons. The van der Waals surface area contributed by atoms with E-state index in [2.05, 4.69) is 21.2 Å². The maximum atomic E-state index is 12.5. The van der Waals surface area contributed by atoms with Crippen LogP contribution in [0.3, 0.4) is 0 Å². The molecule has 1 fully saturated rings. The van der Waals surface area contributed by atoms with Crippen LogP contribution in [0.5, 0.6) is 0 Å². The number of hydrogen-bond acceptors (Lipinski definition) is 7. The number of benzene rings is 1. The third kappa shape index (κ3) is 3.41. The molecule has 1 aliphatic rings. The number of alkyl halides is 1. The number of nitrogens with zero attached hydrogens (tertiary/aromatic N) is 1. The summed E-state index contributed by atoms with van der Waals surface area (Å²) in [5, 5.41) is 39.6. The molecule has 1 heterocycles. The highest BCUT2D eigenvalue weighted by molar-refractivity contribution is 9.09. The van der Waals surface area contributed by atoms with Crippen LogP contribution in [-0.2, 0) is 9.59 Å². The minimum Gasteiger partial charge on any atom is -0.549 e. The Hall–Kier alpha value is -2.00. The van der Waals surface area contributed by atoms with Crippen molar-refractivity contribution in [2.75, 3.05) is 5.33 Å². The number of carbonyl (C=O) groups is 2. The summed E-state index contributed by atoms with van der Waals surface area (Å²) in [6.07, 6.45) is 0.598. The number of hydrogen-bond donors (Lipinski definition) is 1. The first-order valence-corrected chi connectivity index (χ1v) is 10.1. The van der Waals surface area contributed by atoms with Crippen LogP contribution in [0.2, 0.25) is 0 Å². The van der Waals surface area contributed by atoms with E-state index in [1.807, 2.05) is 0 Å². The molecule has 1 aromatic rings. The molecule has 1 aliphatic heterocycles. The molecular weight excluding hydrogens is 432 g/mol. The van der Waals surface area contributed by atoms with Crippen LogP contribution in [-0.4, -0.2) is 34.3 Å². The van der Waals surface area contributed by atoms with Gasteiger partial charge in [-0.15, -0.1) is 0 Å². The van der Waals surface area contributed by atoms with Gasteiger partial charge in [-0.3, -0.25) is 10.1 Å².